The number of rotatable bonds is 5. The second kappa shape index (κ2) is 6.39. The van der Waals surface area contributed by atoms with Crippen LogP contribution >= 0.6 is 0 Å². The summed E-state index contributed by atoms with van der Waals surface area (Å²) >= 11 is 0. The molecule has 0 aliphatic carbocycles. The highest BCUT2D eigenvalue weighted by molar-refractivity contribution is 5.93. The first-order chi connectivity index (χ1) is 8.49. The zero-order chi connectivity index (χ0) is 13.5. The van der Waals surface area contributed by atoms with E-state index in [-0.39, 0.29) is 24.3 Å². The number of nitrogens with one attached hydrogen (secondary N) is 2. The van der Waals surface area contributed by atoms with Crippen molar-refractivity contribution in [2.24, 2.45) is 0 Å². The standard InChI is InChI=1S/C12H14N2O4/c1-8(15)5-6-13-12(18)14-10-4-2-3-9(7-10)11(16)17/h2-4,7H,5-6H2,1H3,(H,16,17)(H2,13,14,18). The summed E-state index contributed by atoms with van der Waals surface area (Å²) in [5.74, 6) is -1.07. The predicted molar refractivity (Wildman–Crippen MR) is 65.7 cm³/mol. The second-order valence-electron chi connectivity index (χ2n) is 3.72. The van der Waals surface area contributed by atoms with Crippen molar-refractivity contribution in [3.05, 3.63) is 29.8 Å². The molecule has 96 valence electrons. The number of carbonyl (C=O) groups is 3. The number of amides is 2. The predicted octanol–water partition coefficient (Wildman–Crippen LogP) is 1.49. The summed E-state index contributed by atoms with van der Waals surface area (Å²) in [4.78, 5) is 32.8. The Balaban J connectivity index is 2.51. The van der Waals surface area contributed by atoms with Gasteiger partial charge in [-0.1, -0.05) is 6.07 Å². The highest BCUT2D eigenvalue weighted by Gasteiger charge is 2.05. The van der Waals surface area contributed by atoms with Crippen molar-refractivity contribution in [3.8, 4) is 0 Å². The summed E-state index contributed by atoms with van der Waals surface area (Å²) in [6, 6.07) is 5.43. The van der Waals surface area contributed by atoms with Gasteiger partial charge in [0.2, 0.25) is 0 Å². The van der Waals surface area contributed by atoms with Gasteiger partial charge in [-0.2, -0.15) is 0 Å². The van der Waals surface area contributed by atoms with Crippen LogP contribution < -0.4 is 10.6 Å². The number of carbonyl (C=O) groups excluding carboxylic acids is 2. The van der Waals surface area contributed by atoms with E-state index in [1.807, 2.05) is 0 Å². The van der Waals surface area contributed by atoms with E-state index in [0.717, 1.165) is 0 Å². The Labute approximate surface area is 104 Å². The summed E-state index contributed by atoms with van der Waals surface area (Å²) in [6.07, 6.45) is 0.266. The van der Waals surface area contributed by atoms with Crippen LogP contribution in [0.5, 0.6) is 0 Å². The van der Waals surface area contributed by atoms with E-state index < -0.39 is 12.0 Å². The zero-order valence-corrected chi connectivity index (χ0v) is 9.90. The fourth-order valence-electron chi connectivity index (χ4n) is 1.26. The van der Waals surface area contributed by atoms with Crippen LogP contribution in [0.1, 0.15) is 23.7 Å². The lowest BCUT2D eigenvalue weighted by atomic mass is 10.2. The Morgan fingerprint density at radius 1 is 1.28 bits per heavy atom. The largest absolute Gasteiger partial charge is 0.478 e. The van der Waals surface area contributed by atoms with Gasteiger partial charge in [0.25, 0.3) is 0 Å². The monoisotopic (exact) mass is 250 g/mol. The molecule has 0 fully saturated rings. The molecule has 1 aromatic rings. The minimum atomic E-state index is -1.06. The van der Waals surface area contributed by atoms with Crippen LogP contribution in [0.15, 0.2) is 24.3 Å². The van der Waals surface area contributed by atoms with E-state index >= 15 is 0 Å². The van der Waals surface area contributed by atoms with Gasteiger partial charge in [0.15, 0.2) is 0 Å². The summed E-state index contributed by atoms with van der Waals surface area (Å²) in [7, 11) is 0. The average molecular weight is 250 g/mol. The van der Waals surface area contributed by atoms with Crippen LogP contribution in [0.4, 0.5) is 10.5 Å². The van der Waals surface area contributed by atoms with E-state index in [2.05, 4.69) is 10.6 Å². The number of carboxylic acids is 1. The van der Waals surface area contributed by atoms with Crippen LogP contribution in [0, 0.1) is 0 Å². The molecule has 1 rings (SSSR count). The summed E-state index contributed by atoms with van der Waals surface area (Å²) in [5, 5.41) is 13.8. The Morgan fingerprint density at radius 2 is 2.00 bits per heavy atom. The number of aromatic carboxylic acids is 1. The lowest BCUT2D eigenvalue weighted by Gasteiger charge is -2.07. The number of Topliss-reactive ketones (excluding diaryl/α,β-unsaturated/α-hetero) is 1. The van der Waals surface area contributed by atoms with Crippen molar-refractivity contribution in [2.45, 2.75) is 13.3 Å². The van der Waals surface area contributed by atoms with Gasteiger partial charge in [-0.15, -0.1) is 0 Å². The number of hydrogen-bond acceptors (Lipinski definition) is 3. The number of anilines is 1. The first-order valence-electron chi connectivity index (χ1n) is 5.36. The summed E-state index contributed by atoms with van der Waals surface area (Å²) in [6.45, 7) is 1.69. The smallest absolute Gasteiger partial charge is 0.335 e. The van der Waals surface area contributed by atoms with Gasteiger partial charge in [0, 0.05) is 18.7 Å². The molecule has 6 nitrogen and oxygen atoms in total. The molecule has 0 bridgehead atoms. The molecule has 0 atom stereocenters. The maximum Gasteiger partial charge on any atom is 0.335 e. The molecule has 0 saturated heterocycles. The quantitative estimate of drug-likeness (QED) is 0.737. The van der Waals surface area contributed by atoms with Gasteiger partial charge >= 0.3 is 12.0 Å². The minimum absolute atomic E-state index is 0.0109. The lowest BCUT2D eigenvalue weighted by Crippen LogP contribution is -2.30. The number of benzene rings is 1. The topological polar surface area (TPSA) is 95.5 Å². The molecule has 0 saturated carbocycles. The van der Waals surface area contributed by atoms with Crippen molar-refractivity contribution in [1.29, 1.82) is 0 Å². The zero-order valence-electron chi connectivity index (χ0n) is 9.90. The van der Waals surface area contributed by atoms with Gasteiger partial charge in [0.05, 0.1) is 5.56 Å². The molecule has 2 amide bonds. The van der Waals surface area contributed by atoms with Gasteiger partial charge in [-0.3, -0.25) is 4.79 Å². The number of hydrogen-bond donors (Lipinski definition) is 3. The lowest BCUT2D eigenvalue weighted by molar-refractivity contribution is -0.116. The molecule has 18 heavy (non-hydrogen) atoms. The van der Waals surface area contributed by atoms with Gasteiger partial charge in [0.1, 0.15) is 5.78 Å². The first kappa shape index (κ1) is 13.7. The highest BCUT2D eigenvalue weighted by Crippen LogP contribution is 2.10. The van der Waals surface area contributed by atoms with Crippen molar-refractivity contribution < 1.29 is 19.5 Å². The van der Waals surface area contributed by atoms with E-state index in [0.29, 0.717) is 5.69 Å². The maximum absolute atomic E-state index is 11.4. The normalized spacial score (nSPS) is 9.61. The Hall–Kier alpha value is -2.37. The molecule has 0 radical (unpaired) electrons. The number of urea groups is 1. The molecule has 0 spiro atoms. The maximum atomic E-state index is 11.4. The van der Waals surface area contributed by atoms with Crippen molar-refractivity contribution in [1.82, 2.24) is 5.32 Å². The third-order valence-electron chi connectivity index (χ3n) is 2.13. The molecule has 0 aromatic heterocycles. The van der Waals surface area contributed by atoms with E-state index in [1.54, 1.807) is 6.07 Å². The van der Waals surface area contributed by atoms with Crippen molar-refractivity contribution >= 4 is 23.5 Å². The third-order valence-corrected chi connectivity index (χ3v) is 2.13. The van der Waals surface area contributed by atoms with Crippen LogP contribution in [0.2, 0.25) is 0 Å². The third kappa shape index (κ3) is 4.65. The first-order valence-corrected chi connectivity index (χ1v) is 5.36. The molecule has 1 aromatic carbocycles. The van der Waals surface area contributed by atoms with E-state index in [4.69, 9.17) is 5.11 Å². The van der Waals surface area contributed by atoms with E-state index in [9.17, 15) is 14.4 Å². The molecule has 0 unspecified atom stereocenters. The molecule has 0 aliphatic heterocycles. The fourth-order valence-corrected chi connectivity index (χ4v) is 1.26. The molecule has 0 heterocycles. The minimum Gasteiger partial charge on any atom is -0.478 e. The molecular formula is C12H14N2O4. The van der Waals surface area contributed by atoms with E-state index in [1.165, 1.54) is 25.1 Å². The molecule has 6 heteroatoms. The van der Waals surface area contributed by atoms with Crippen LogP contribution in [-0.2, 0) is 4.79 Å². The van der Waals surface area contributed by atoms with Gasteiger partial charge in [-0.25, -0.2) is 9.59 Å². The van der Waals surface area contributed by atoms with Gasteiger partial charge in [-0.05, 0) is 25.1 Å². The second-order valence-corrected chi connectivity index (χ2v) is 3.72. The highest BCUT2D eigenvalue weighted by atomic mass is 16.4. The van der Waals surface area contributed by atoms with Crippen LogP contribution in [0.3, 0.4) is 0 Å². The van der Waals surface area contributed by atoms with Crippen molar-refractivity contribution in [2.75, 3.05) is 11.9 Å². The molecule has 3 N–H and O–H groups in total. The summed E-state index contributed by atoms with van der Waals surface area (Å²) < 4.78 is 0. The average Bonchev–Trinajstić information content (AvgIpc) is 2.28. The van der Waals surface area contributed by atoms with Crippen LogP contribution in [-0.4, -0.2) is 29.4 Å². The fraction of sp³-hybridized carbons (Fsp3) is 0.250. The van der Waals surface area contributed by atoms with Crippen molar-refractivity contribution in [3.63, 3.8) is 0 Å². The summed E-state index contributed by atoms with van der Waals surface area (Å²) in [5.41, 5.74) is 0.478. The molecular weight excluding hydrogens is 236 g/mol. The Morgan fingerprint density at radius 3 is 2.61 bits per heavy atom. The number of carboxylic acid groups (broad SMARTS) is 1. The molecule has 0 aliphatic rings. The van der Waals surface area contributed by atoms with Crippen LogP contribution in [0.25, 0.3) is 0 Å². The Kier molecular flexibility index (Phi) is 4.86. The SMILES string of the molecule is CC(=O)CCNC(=O)Nc1cccc(C(=O)O)c1. The number of ketones is 1. The Bertz CT molecular complexity index is 471. The van der Waals surface area contributed by atoms with Gasteiger partial charge < -0.3 is 15.7 Å².